The number of nitrogens with zero attached hydrogens (tertiary/aromatic N) is 1. The second-order valence-corrected chi connectivity index (χ2v) is 10.1. The van der Waals surface area contributed by atoms with Gasteiger partial charge >= 0.3 is 5.97 Å². The lowest BCUT2D eigenvalue weighted by atomic mass is 9.89. The van der Waals surface area contributed by atoms with E-state index in [2.05, 4.69) is 6.07 Å². The monoisotopic (exact) mass is 518 g/mol. The van der Waals surface area contributed by atoms with Gasteiger partial charge in [0.2, 0.25) is 5.91 Å². The molecule has 0 radical (unpaired) electrons. The molecule has 0 unspecified atom stereocenters. The van der Waals surface area contributed by atoms with Crippen LogP contribution in [0.25, 0.3) is 11.1 Å². The first-order valence-electron chi connectivity index (χ1n) is 12.5. The number of carbonyl (C=O) groups excluding carboxylic acids is 2. The molecule has 3 aromatic carbocycles. The van der Waals surface area contributed by atoms with E-state index in [9.17, 15) is 23.9 Å². The van der Waals surface area contributed by atoms with Gasteiger partial charge < -0.3 is 20.5 Å². The number of nitrogens with two attached hydrogens (primary N) is 1. The van der Waals surface area contributed by atoms with Gasteiger partial charge in [0, 0.05) is 23.9 Å². The van der Waals surface area contributed by atoms with E-state index in [0.29, 0.717) is 18.6 Å². The van der Waals surface area contributed by atoms with Gasteiger partial charge in [-0.3, -0.25) is 14.4 Å². The zero-order valence-electron chi connectivity index (χ0n) is 21.4. The largest absolute Gasteiger partial charge is 0.493 e. The summed E-state index contributed by atoms with van der Waals surface area (Å²) in [5, 5.41) is 9.24. The third-order valence-electron chi connectivity index (χ3n) is 6.85. The highest BCUT2D eigenvalue weighted by Crippen LogP contribution is 2.32. The Balaban J connectivity index is 1.66. The number of ether oxygens (including phenoxy) is 1. The molecule has 38 heavy (non-hydrogen) atoms. The average molecular weight is 519 g/mol. The van der Waals surface area contributed by atoms with Crippen molar-refractivity contribution in [1.29, 1.82) is 0 Å². The number of rotatable bonds is 10. The van der Waals surface area contributed by atoms with Crippen molar-refractivity contribution in [3.05, 3.63) is 89.2 Å². The molecule has 0 spiro atoms. The molecule has 8 heteroatoms. The summed E-state index contributed by atoms with van der Waals surface area (Å²) in [4.78, 5) is 39.1. The number of hydrogen-bond donors (Lipinski definition) is 2. The molecule has 1 atom stereocenters. The van der Waals surface area contributed by atoms with Gasteiger partial charge in [0.1, 0.15) is 17.6 Å². The minimum atomic E-state index is -1.15. The third kappa shape index (κ3) is 6.02. The third-order valence-corrected chi connectivity index (χ3v) is 6.85. The molecule has 0 saturated heterocycles. The number of halogens is 1. The molecule has 3 N–H and O–H groups in total. The highest BCUT2D eigenvalue weighted by Gasteiger charge is 2.39. The van der Waals surface area contributed by atoms with Crippen LogP contribution in [0.2, 0.25) is 0 Å². The number of hydrogen-bond acceptors (Lipinski definition) is 4. The number of benzene rings is 3. The van der Waals surface area contributed by atoms with Gasteiger partial charge in [-0.2, -0.15) is 0 Å². The van der Waals surface area contributed by atoms with Crippen LogP contribution in [0.4, 0.5) is 4.39 Å². The molecule has 198 valence electrons. The van der Waals surface area contributed by atoms with E-state index in [0.717, 1.165) is 34.4 Å². The molecule has 0 aliphatic carbocycles. The number of aliphatic carboxylic acids is 1. The Morgan fingerprint density at radius 2 is 1.68 bits per heavy atom. The molecule has 1 heterocycles. The fourth-order valence-electron chi connectivity index (χ4n) is 4.99. The van der Waals surface area contributed by atoms with Crippen molar-refractivity contribution in [1.82, 2.24) is 4.90 Å². The lowest BCUT2D eigenvalue weighted by molar-refractivity contribution is -0.137. The Labute approximate surface area is 221 Å². The molecule has 3 aromatic rings. The molecular weight excluding hydrogens is 487 g/mol. The van der Waals surface area contributed by atoms with Crippen LogP contribution in [-0.4, -0.2) is 46.0 Å². The van der Waals surface area contributed by atoms with Crippen LogP contribution in [0.1, 0.15) is 48.2 Å². The maximum atomic E-state index is 13.9. The molecule has 4 rings (SSSR count). The predicted octanol–water partition coefficient (Wildman–Crippen LogP) is 4.61. The van der Waals surface area contributed by atoms with Crippen LogP contribution in [0.3, 0.4) is 0 Å². The lowest BCUT2D eigenvalue weighted by Gasteiger charge is -2.43. The maximum absolute atomic E-state index is 13.9. The predicted molar refractivity (Wildman–Crippen MR) is 141 cm³/mol. The maximum Gasteiger partial charge on any atom is 0.303 e. The van der Waals surface area contributed by atoms with Crippen LogP contribution >= 0.6 is 0 Å². The summed E-state index contributed by atoms with van der Waals surface area (Å²) < 4.78 is 19.1. The Morgan fingerprint density at radius 1 is 1.03 bits per heavy atom. The SMILES string of the molecule is CC(C)(Cc1ccc(F)cc1)N(C(=O)c1ccc(-c2ccc3c(c2)CCO3)cc1)[C@@H](CCC(=O)O)C(N)=O. The molecule has 1 aliphatic rings. The van der Waals surface area contributed by atoms with E-state index in [1.165, 1.54) is 17.0 Å². The molecular formula is C30H31FN2O5. The van der Waals surface area contributed by atoms with Crippen molar-refractivity contribution in [3.63, 3.8) is 0 Å². The van der Waals surface area contributed by atoms with Crippen LogP contribution in [0.15, 0.2) is 66.7 Å². The number of primary amides is 1. The standard InChI is InChI=1S/C30H31FN2O5/c1-30(2,18-19-3-10-24(31)11-4-19)33(25(28(32)36)12-14-27(34)35)29(37)21-7-5-20(6-8-21)22-9-13-26-23(17-22)15-16-38-26/h3-11,13,17,25H,12,14-16,18H2,1-2H3,(H2,32,36)(H,34,35)/t25-/m0/s1. The molecule has 0 fully saturated rings. The molecule has 0 aromatic heterocycles. The average Bonchev–Trinajstić information content (AvgIpc) is 3.35. The van der Waals surface area contributed by atoms with Gasteiger partial charge in [-0.05, 0) is 85.3 Å². The van der Waals surface area contributed by atoms with Gasteiger partial charge in [-0.25, -0.2) is 4.39 Å². The highest BCUT2D eigenvalue weighted by atomic mass is 19.1. The number of carbonyl (C=O) groups is 3. The Bertz CT molecular complexity index is 1340. The summed E-state index contributed by atoms with van der Waals surface area (Å²) in [6.07, 6.45) is 0.692. The van der Waals surface area contributed by atoms with Crippen LogP contribution in [0, 0.1) is 5.82 Å². The van der Waals surface area contributed by atoms with Crippen LogP contribution < -0.4 is 10.5 Å². The summed E-state index contributed by atoms with van der Waals surface area (Å²) in [6.45, 7) is 4.23. The number of carboxylic acid groups (broad SMARTS) is 1. The van der Waals surface area contributed by atoms with Crippen LogP contribution in [-0.2, 0) is 22.4 Å². The minimum Gasteiger partial charge on any atom is -0.493 e. The van der Waals surface area contributed by atoms with Crippen molar-refractivity contribution < 1.29 is 28.6 Å². The van der Waals surface area contributed by atoms with Crippen molar-refractivity contribution in [2.75, 3.05) is 6.61 Å². The Morgan fingerprint density at radius 3 is 2.32 bits per heavy atom. The summed E-state index contributed by atoms with van der Waals surface area (Å²) in [5.74, 6) is -1.82. The Kier molecular flexibility index (Phi) is 7.80. The first kappa shape index (κ1) is 26.9. The van der Waals surface area contributed by atoms with Crippen molar-refractivity contribution in [2.45, 2.75) is 51.1 Å². The van der Waals surface area contributed by atoms with E-state index < -0.39 is 29.4 Å². The summed E-state index contributed by atoms with van der Waals surface area (Å²) in [6, 6.07) is 17.8. The van der Waals surface area contributed by atoms with Crippen molar-refractivity contribution in [2.24, 2.45) is 5.73 Å². The highest BCUT2D eigenvalue weighted by molar-refractivity contribution is 5.98. The minimum absolute atomic E-state index is 0.126. The summed E-state index contributed by atoms with van der Waals surface area (Å²) in [5.41, 5.74) is 8.91. The fourth-order valence-corrected chi connectivity index (χ4v) is 4.99. The van der Waals surface area contributed by atoms with E-state index in [1.807, 2.05) is 24.3 Å². The second kappa shape index (κ2) is 11.0. The fraction of sp³-hybridized carbons (Fsp3) is 0.300. The Hall–Kier alpha value is -4.20. The summed E-state index contributed by atoms with van der Waals surface area (Å²) in [7, 11) is 0. The van der Waals surface area contributed by atoms with E-state index in [4.69, 9.17) is 10.5 Å². The number of amides is 2. The van der Waals surface area contributed by atoms with Crippen LogP contribution in [0.5, 0.6) is 5.75 Å². The van der Waals surface area contributed by atoms with Gasteiger partial charge in [-0.15, -0.1) is 0 Å². The van der Waals surface area contributed by atoms with E-state index >= 15 is 0 Å². The zero-order valence-corrected chi connectivity index (χ0v) is 21.4. The number of fused-ring (bicyclic) bond motifs is 1. The smallest absolute Gasteiger partial charge is 0.303 e. The molecule has 2 amide bonds. The van der Waals surface area contributed by atoms with E-state index in [1.54, 1.807) is 38.1 Å². The first-order chi connectivity index (χ1) is 18.0. The molecule has 0 saturated carbocycles. The normalized spacial score (nSPS) is 13.3. The van der Waals surface area contributed by atoms with E-state index in [-0.39, 0.29) is 18.7 Å². The zero-order chi connectivity index (χ0) is 27.4. The van der Waals surface area contributed by atoms with Gasteiger partial charge in [0.05, 0.1) is 6.61 Å². The second-order valence-electron chi connectivity index (χ2n) is 10.1. The molecule has 7 nitrogen and oxygen atoms in total. The van der Waals surface area contributed by atoms with Gasteiger partial charge in [0.15, 0.2) is 0 Å². The van der Waals surface area contributed by atoms with Crippen molar-refractivity contribution in [3.8, 4) is 16.9 Å². The number of carboxylic acids is 1. The summed E-state index contributed by atoms with van der Waals surface area (Å²) >= 11 is 0. The van der Waals surface area contributed by atoms with Gasteiger partial charge in [0.25, 0.3) is 5.91 Å². The quantitative estimate of drug-likeness (QED) is 0.407. The first-order valence-corrected chi connectivity index (χ1v) is 12.5. The van der Waals surface area contributed by atoms with Crippen molar-refractivity contribution >= 4 is 17.8 Å². The topological polar surface area (TPSA) is 110 Å². The molecule has 0 bridgehead atoms. The van der Waals surface area contributed by atoms with Gasteiger partial charge in [-0.1, -0.05) is 30.3 Å². The lowest BCUT2D eigenvalue weighted by Crippen LogP contribution is -2.58. The molecule has 1 aliphatic heterocycles.